The SMILES string of the molecule is O=C(Nc1cc(Cl)ccc1Cl)c1cc2n(n1)[C@H](C(F)(F)F)C[C@@H](c1ccc(Cl)cc1)N2. The first kappa shape index (κ1) is 21.8. The first-order valence-electron chi connectivity index (χ1n) is 9.06. The number of carbonyl (C=O) groups is 1. The van der Waals surface area contributed by atoms with Crippen LogP contribution in [0.15, 0.2) is 48.5 Å². The van der Waals surface area contributed by atoms with Crippen LogP contribution in [0.5, 0.6) is 0 Å². The molecule has 1 aliphatic rings. The Kier molecular flexibility index (Phi) is 5.81. The van der Waals surface area contributed by atoms with Crippen LogP contribution in [0.3, 0.4) is 0 Å². The third-order valence-corrected chi connectivity index (χ3v) is 5.69. The number of amides is 1. The Bertz CT molecular complexity index is 1130. The molecule has 0 radical (unpaired) electrons. The van der Waals surface area contributed by atoms with E-state index < -0.39 is 24.2 Å². The fourth-order valence-electron chi connectivity index (χ4n) is 3.38. The molecule has 2 heterocycles. The summed E-state index contributed by atoms with van der Waals surface area (Å²) in [5, 5.41) is 10.5. The van der Waals surface area contributed by atoms with Gasteiger partial charge < -0.3 is 10.6 Å². The molecule has 0 fully saturated rings. The Hall–Kier alpha value is -2.42. The number of nitrogens with one attached hydrogen (secondary N) is 2. The molecule has 1 aliphatic heterocycles. The Morgan fingerprint density at radius 3 is 2.42 bits per heavy atom. The summed E-state index contributed by atoms with van der Waals surface area (Å²) in [7, 11) is 0. The summed E-state index contributed by atoms with van der Waals surface area (Å²) in [6.45, 7) is 0. The van der Waals surface area contributed by atoms with E-state index in [0.717, 1.165) is 4.68 Å². The van der Waals surface area contributed by atoms with E-state index in [1.165, 1.54) is 18.2 Å². The number of rotatable bonds is 3. The number of halogens is 6. The van der Waals surface area contributed by atoms with Gasteiger partial charge in [-0.25, -0.2) is 4.68 Å². The van der Waals surface area contributed by atoms with Crippen molar-refractivity contribution in [2.45, 2.75) is 24.7 Å². The second kappa shape index (κ2) is 8.26. The number of aromatic nitrogens is 2. The molecule has 31 heavy (non-hydrogen) atoms. The fourth-order valence-corrected chi connectivity index (χ4v) is 3.84. The van der Waals surface area contributed by atoms with E-state index in [-0.39, 0.29) is 28.6 Å². The molecule has 2 atom stereocenters. The van der Waals surface area contributed by atoms with E-state index in [0.29, 0.717) is 15.6 Å². The quantitative estimate of drug-likeness (QED) is 0.427. The van der Waals surface area contributed by atoms with Crippen molar-refractivity contribution < 1.29 is 18.0 Å². The number of nitrogens with zero attached hydrogens (tertiary/aromatic N) is 2. The van der Waals surface area contributed by atoms with Crippen molar-refractivity contribution in [3.8, 4) is 0 Å². The highest BCUT2D eigenvalue weighted by Crippen LogP contribution is 2.43. The topological polar surface area (TPSA) is 59.0 Å². The number of alkyl halides is 3. The maximum absolute atomic E-state index is 13.8. The van der Waals surface area contributed by atoms with Gasteiger partial charge in [0.25, 0.3) is 5.91 Å². The highest BCUT2D eigenvalue weighted by molar-refractivity contribution is 6.35. The van der Waals surface area contributed by atoms with Crippen molar-refractivity contribution in [1.82, 2.24) is 9.78 Å². The second-order valence-electron chi connectivity index (χ2n) is 6.98. The van der Waals surface area contributed by atoms with Crippen LogP contribution in [0.2, 0.25) is 15.1 Å². The van der Waals surface area contributed by atoms with E-state index in [2.05, 4.69) is 15.7 Å². The third kappa shape index (κ3) is 4.61. The summed E-state index contributed by atoms with van der Waals surface area (Å²) >= 11 is 17.8. The number of carbonyl (C=O) groups excluding carboxylic acids is 1. The molecular weight excluding hydrogens is 476 g/mol. The lowest BCUT2D eigenvalue weighted by Crippen LogP contribution is -2.35. The number of benzene rings is 2. The van der Waals surface area contributed by atoms with Crippen LogP contribution >= 0.6 is 34.8 Å². The van der Waals surface area contributed by atoms with Crippen LogP contribution < -0.4 is 10.6 Å². The van der Waals surface area contributed by atoms with Crippen LogP contribution in [0.4, 0.5) is 24.7 Å². The summed E-state index contributed by atoms with van der Waals surface area (Å²) in [6.07, 6.45) is -4.85. The first-order valence-corrected chi connectivity index (χ1v) is 10.2. The van der Waals surface area contributed by atoms with Gasteiger partial charge in [0.2, 0.25) is 0 Å². The van der Waals surface area contributed by atoms with Crippen LogP contribution in [-0.4, -0.2) is 21.9 Å². The number of fused-ring (bicyclic) bond motifs is 1. The average Bonchev–Trinajstić information content (AvgIpc) is 3.14. The lowest BCUT2D eigenvalue weighted by molar-refractivity contribution is -0.173. The molecule has 1 aromatic heterocycles. The standard InChI is InChI=1S/C20H14Cl3F3N4O/c21-11-3-1-10(2-4-11)14-8-17(20(24,25)26)30-18(27-14)9-16(29-30)19(31)28-15-7-12(22)5-6-13(15)23/h1-7,9,14,17,27H,8H2,(H,28,31)/t14-,17-/m0/s1. The van der Waals surface area contributed by atoms with E-state index >= 15 is 0 Å². The molecule has 2 aromatic carbocycles. The first-order chi connectivity index (χ1) is 14.6. The van der Waals surface area contributed by atoms with Gasteiger partial charge in [-0.1, -0.05) is 46.9 Å². The van der Waals surface area contributed by atoms with Gasteiger partial charge in [0.1, 0.15) is 5.82 Å². The molecule has 0 spiro atoms. The Labute approximate surface area is 190 Å². The molecule has 0 unspecified atom stereocenters. The molecule has 3 aromatic rings. The summed E-state index contributed by atoms with van der Waals surface area (Å²) in [4.78, 5) is 12.6. The monoisotopic (exact) mass is 488 g/mol. The lowest BCUT2D eigenvalue weighted by atomic mass is 9.97. The molecule has 4 rings (SSSR count). The van der Waals surface area contributed by atoms with Gasteiger partial charge in [0, 0.05) is 22.5 Å². The van der Waals surface area contributed by atoms with Crippen LogP contribution in [0, 0.1) is 0 Å². The molecule has 0 bridgehead atoms. The van der Waals surface area contributed by atoms with E-state index in [9.17, 15) is 18.0 Å². The molecule has 2 N–H and O–H groups in total. The molecule has 0 aliphatic carbocycles. The largest absolute Gasteiger partial charge is 0.410 e. The van der Waals surface area contributed by atoms with Crippen molar-refractivity contribution in [1.29, 1.82) is 0 Å². The Morgan fingerprint density at radius 1 is 1.06 bits per heavy atom. The van der Waals surface area contributed by atoms with Crippen LogP contribution in [0.25, 0.3) is 0 Å². The molecule has 5 nitrogen and oxygen atoms in total. The van der Waals surface area contributed by atoms with Gasteiger partial charge in [-0.3, -0.25) is 4.79 Å². The normalized spacial score (nSPS) is 18.3. The zero-order valence-electron chi connectivity index (χ0n) is 15.6. The highest BCUT2D eigenvalue weighted by Gasteiger charge is 2.46. The fraction of sp³-hybridized carbons (Fsp3) is 0.200. The predicted octanol–water partition coefficient (Wildman–Crippen LogP) is 6.76. The highest BCUT2D eigenvalue weighted by atomic mass is 35.5. The zero-order chi connectivity index (χ0) is 22.3. The van der Waals surface area contributed by atoms with Crippen molar-refractivity contribution >= 4 is 52.2 Å². The van der Waals surface area contributed by atoms with E-state index in [1.807, 2.05) is 0 Å². The summed E-state index contributed by atoms with van der Waals surface area (Å²) in [6, 6.07) is 9.76. The molecular formula is C20H14Cl3F3N4O. The van der Waals surface area contributed by atoms with Gasteiger partial charge in [-0.15, -0.1) is 0 Å². The maximum Gasteiger partial charge on any atom is 0.410 e. The van der Waals surface area contributed by atoms with E-state index in [1.54, 1.807) is 30.3 Å². The minimum Gasteiger partial charge on any atom is -0.363 e. The van der Waals surface area contributed by atoms with Crippen molar-refractivity contribution in [2.75, 3.05) is 10.6 Å². The molecule has 162 valence electrons. The smallest absolute Gasteiger partial charge is 0.363 e. The molecule has 0 saturated heterocycles. The van der Waals surface area contributed by atoms with Crippen LogP contribution in [-0.2, 0) is 0 Å². The molecule has 1 amide bonds. The van der Waals surface area contributed by atoms with Gasteiger partial charge in [0.15, 0.2) is 11.7 Å². The van der Waals surface area contributed by atoms with Gasteiger partial charge in [-0.05, 0) is 35.9 Å². The summed E-state index contributed by atoms with van der Waals surface area (Å²) in [5.74, 6) is -0.632. The van der Waals surface area contributed by atoms with Crippen molar-refractivity contribution in [2.24, 2.45) is 0 Å². The minimum atomic E-state index is -4.56. The average molecular weight is 490 g/mol. The van der Waals surface area contributed by atoms with Crippen molar-refractivity contribution in [3.05, 3.63) is 74.9 Å². The Morgan fingerprint density at radius 2 is 1.74 bits per heavy atom. The third-order valence-electron chi connectivity index (χ3n) is 4.87. The molecule has 11 heteroatoms. The van der Waals surface area contributed by atoms with Crippen LogP contribution in [0.1, 0.15) is 34.6 Å². The zero-order valence-corrected chi connectivity index (χ0v) is 17.8. The number of hydrogen-bond donors (Lipinski definition) is 2. The molecule has 0 saturated carbocycles. The van der Waals surface area contributed by atoms with Crippen molar-refractivity contribution in [3.63, 3.8) is 0 Å². The van der Waals surface area contributed by atoms with Gasteiger partial charge in [-0.2, -0.15) is 18.3 Å². The number of anilines is 2. The van der Waals surface area contributed by atoms with Gasteiger partial charge >= 0.3 is 6.18 Å². The summed E-state index contributed by atoms with van der Waals surface area (Å²) in [5.41, 5.74) is 0.678. The minimum absolute atomic E-state index is 0.0795. The van der Waals surface area contributed by atoms with E-state index in [4.69, 9.17) is 34.8 Å². The summed E-state index contributed by atoms with van der Waals surface area (Å²) < 4.78 is 42.1. The van der Waals surface area contributed by atoms with Gasteiger partial charge in [0.05, 0.1) is 16.8 Å². The maximum atomic E-state index is 13.8. The lowest BCUT2D eigenvalue weighted by Gasteiger charge is -2.33. The Balaban J connectivity index is 1.65. The predicted molar refractivity (Wildman–Crippen MR) is 114 cm³/mol. The second-order valence-corrected chi connectivity index (χ2v) is 8.26. The number of hydrogen-bond acceptors (Lipinski definition) is 3.